The smallest absolute Gasteiger partial charge is 0.252 e. The van der Waals surface area contributed by atoms with Crippen LogP contribution < -0.4 is 26.2 Å². The first-order valence-electron chi connectivity index (χ1n) is 20.8. The zero-order valence-corrected chi connectivity index (χ0v) is 34.7. The van der Waals surface area contributed by atoms with Crippen LogP contribution in [0.1, 0.15) is 52.7 Å². The summed E-state index contributed by atoms with van der Waals surface area (Å²) in [5, 5.41) is 0. The number of pyridine rings is 1. The molecule has 7 aromatic carbocycles. The van der Waals surface area contributed by atoms with Crippen LogP contribution in [0.5, 0.6) is 0 Å². The molecule has 1 aromatic heterocycles. The van der Waals surface area contributed by atoms with E-state index in [0.29, 0.717) is 0 Å². The largest absolute Gasteiger partial charge is 0.311 e. The zero-order valence-electron chi connectivity index (χ0n) is 34.7. The summed E-state index contributed by atoms with van der Waals surface area (Å²) in [6.45, 7) is 13.9. The molecule has 8 aromatic rings. The van der Waals surface area contributed by atoms with Crippen molar-refractivity contribution in [3.63, 3.8) is 0 Å². The Hall–Kier alpha value is -6.65. The van der Waals surface area contributed by atoms with Crippen molar-refractivity contribution < 1.29 is 0 Å². The maximum Gasteiger partial charge on any atom is 0.252 e. The molecule has 0 amide bonds. The van der Waals surface area contributed by atoms with Crippen molar-refractivity contribution in [3.8, 4) is 33.5 Å². The van der Waals surface area contributed by atoms with Crippen LogP contribution in [-0.2, 0) is 10.8 Å². The van der Waals surface area contributed by atoms with Crippen LogP contribution >= 0.6 is 0 Å². The molecule has 3 heterocycles. The summed E-state index contributed by atoms with van der Waals surface area (Å²) in [7, 11) is 0. The van der Waals surface area contributed by atoms with Crippen LogP contribution in [0.3, 0.4) is 0 Å². The van der Waals surface area contributed by atoms with Gasteiger partial charge >= 0.3 is 0 Å². The van der Waals surface area contributed by atoms with E-state index in [9.17, 15) is 0 Å². The fourth-order valence-corrected chi connectivity index (χ4v) is 9.03. The lowest BCUT2D eigenvalue weighted by Gasteiger charge is -2.45. The number of hydrogen-bond donors (Lipinski definition) is 0. The first kappa shape index (κ1) is 36.7. The molecule has 0 spiro atoms. The molecule has 2 aliphatic rings. The first-order valence-corrected chi connectivity index (χ1v) is 20.8. The summed E-state index contributed by atoms with van der Waals surface area (Å²) in [4.78, 5) is 9.98. The molecule has 0 radical (unpaired) electrons. The van der Waals surface area contributed by atoms with E-state index >= 15 is 0 Å². The van der Waals surface area contributed by atoms with Crippen LogP contribution in [-0.4, -0.2) is 11.7 Å². The van der Waals surface area contributed by atoms with Gasteiger partial charge in [0.2, 0.25) is 0 Å². The minimum absolute atomic E-state index is 0.0190. The molecule has 0 unspecified atom stereocenters. The monoisotopic (exact) mass is 761 g/mol. The summed E-state index contributed by atoms with van der Waals surface area (Å²) in [5.74, 6) is 0. The molecule has 0 saturated carbocycles. The molecule has 0 saturated heterocycles. The van der Waals surface area contributed by atoms with Gasteiger partial charge in [-0.05, 0) is 121 Å². The predicted molar refractivity (Wildman–Crippen MR) is 252 cm³/mol. The van der Waals surface area contributed by atoms with Gasteiger partial charge in [0.25, 0.3) is 6.71 Å². The number of benzene rings is 7. The predicted octanol–water partition coefficient (Wildman–Crippen LogP) is 12.8. The quantitative estimate of drug-likeness (QED) is 0.163. The zero-order chi connectivity index (χ0) is 40.5. The van der Waals surface area contributed by atoms with Gasteiger partial charge in [0.1, 0.15) is 0 Å². The third-order valence-corrected chi connectivity index (χ3v) is 12.2. The van der Waals surface area contributed by atoms with Gasteiger partial charge in [-0.2, -0.15) is 0 Å². The molecule has 0 aliphatic carbocycles. The number of anilines is 6. The van der Waals surface area contributed by atoms with Crippen molar-refractivity contribution in [1.82, 2.24) is 4.98 Å². The van der Waals surface area contributed by atoms with E-state index in [1.807, 2.05) is 12.3 Å². The van der Waals surface area contributed by atoms with E-state index in [4.69, 9.17) is 4.98 Å². The fraction of sp³-hybridized carbons (Fsp3) is 0.145. The molecule has 3 nitrogen and oxygen atoms in total. The summed E-state index contributed by atoms with van der Waals surface area (Å²) in [5.41, 5.74) is 20.4. The number of nitrogens with zero attached hydrogens (tertiary/aromatic N) is 3. The second-order valence-electron chi connectivity index (χ2n) is 18.1. The average Bonchev–Trinajstić information content (AvgIpc) is 3.26. The molecule has 2 aliphatic heterocycles. The fourth-order valence-electron chi connectivity index (χ4n) is 9.03. The van der Waals surface area contributed by atoms with E-state index in [-0.39, 0.29) is 17.5 Å². The Morgan fingerprint density at radius 1 is 0.390 bits per heavy atom. The van der Waals surface area contributed by atoms with Gasteiger partial charge in [-0.3, -0.25) is 4.98 Å². The Kier molecular flexibility index (Phi) is 8.72. The van der Waals surface area contributed by atoms with Crippen molar-refractivity contribution in [1.29, 1.82) is 0 Å². The van der Waals surface area contributed by atoms with E-state index in [1.54, 1.807) is 0 Å². The van der Waals surface area contributed by atoms with Crippen LogP contribution in [0.25, 0.3) is 33.5 Å². The molecule has 0 bridgehead atoms. The van der Waals surface area contributed by atoms with Gasteiger partial charge in [-0.25, -0.2) is 0 Å². The molecule has 59 heavy (non-hydrogen) atoms. The Labute approximate surface area is 349 Å². The van der Waals surface area contributed by atoms with Gasteiger partial charge in [0.15, 0.2) is 0 Å². The third-order valence-electron chi connectivity index (χ3n) is 12.2. The van der Waals surface area contributed by atoms with Gasteiger partial charge in [-0.15, -0.1) is 0 Å². The summed E-state index contributed by atoms with van der Waals surface area (Å²) in [6, 6.07) is 65.0. The Morgan fingerprint density at radius 3 is 1.22 bits per heavy atom. The molecular formula is C55H48BN3. The van der Waals surface area contributed by atoms with E-state index in [1.165, 1.54) is 72.5 Å². The highest BCUT2D eigenvalue weighted by Crippen LogP contribution is 2.47. The standard InChI is InChI=1S/C55H48BN3/c1-54(2,3)42-24-30-46-49(35-42)58(44-26-20-39(21-27-44)37-15-9-7-10-16-37)51-33-41(48-19-13-14-32-57-48)34-52-53(51)56(46)47-31-25-43(55(4,5)6)36-50(47)59(52)45-28-22-40(23-29-45)38-17-11-8-12-18-38/h7-36H,1-6H3. The van der Waals surface area contributed by atoms with Gasteiger partial charge < -0.3 is 9.80 Å². The topological polar surface area (TPSA) is 19.4 Å². The van der Waals surface area contributed by atoms with Crippen LogP contribution in [0.15, 0.2) is 182 Å². The SMILES string of the molecule is CC(C)(C)c1ccc2c(c1)N(c1ccc(-c3ccccc3)cc1)c1cc(-c3ccccn3)cc3c1B2c1ccc(C(C)(C)C)cc1N3c1ccc(-c2ccccc2)cc1. The highest BCUT2D eigenvalue weighted by atomic mass is 15.2. The lowest BCUT2D eigenvalue weighted by molar-refractivity contribution is 0.590. The van der Waals surface area contributed by atoms with Gasteiger partial charge in [0, 0.05) is 45.9 Å². The second kappa shape index (κ2) is 14.0. The van der Waals surface area contributed by atoms with Crippen molar-refractivity contribution in [2.75, 3.05) is 9.80 Å². The van der Waals surface area contributed by atoms with Crippen molar-refractivity contribution in [3.05, 3.63) is 193 Å². The highest BCUT2D eigenvalue weighted by Gasteiger charge is 2.44. The number of fused-ring (bicyclic) bond motifs is 4. The maximum atomic E-state index is 4.94. The minimum atomic E-state index is -0.0338. The highest BCUT2D eigenvalue weighted by molar-refractivity contribution is 7.00. The van der Waals surface area contributed by atoms with Crippen molar-refractivity contribution in [2.24, 2.45) is 0 Å². The molecule has 286 valence electrons. The Balaban J connectivity index is 1.27. The molecule has 4 heteroatoms. The average molecular weight is 762 g/mol. The first-order chi connectivity index (χ1) is 28.5. The summed E-state index contributed by atoms with van der Waals surface area (Å²) >= 11 is 0. The van der Waals surface area contributed by atoms with Crippen molar-refractivity contribution in [2.45, 2.75) is 52.4 Å². The number of rotatable bonds is 5. The van der Waals surface area contributed by atoms with E-state index < -0.39 is 0 Å². The molecule has 0 fully saturated rings. The number of hydrogen-bond acceptors (Lipinski definition) is 3. The Bertz CT molecular complexity index is 2640. The molecular weight excluding hydrogens is 713 g/mol. The Morgan fingerprint density at radius 2 is 0.814 bits per heavy atom. The van der Waals surface area contributed by atoms with Gasteiger partial charge in [-0.1, -0.05) is 157 Å². The maximum absolute atomic E-state index is 4.94. The number of aromatic nitrogens is 1. The van der Waals surface area contributed by atoms with Crippen LogP contribution in [0.4, 0.5) is 34.1 Å². The van der Waals surface area contributed by atoms with E-state index in [2.05, 4.69) is 221 Å². The van der Waals surface area contributed by atoms with Crippen LogP contribution in [0, 0.1) is 0 Å². The van der Waals surface area contributed by atoms with Crippen LogP contribution in [0.2, 0.25) is 0 Å². The second-order valence-corrected chi connectivity index (χ2v) is 18.1. The summed E-state index contributed by atoms with van der Waals surface area (Å²) < 4.78 is 0. The molecule has 0 atom stereocenters. The van der Waals surface area contributed by atoms with Gasteiger partial charge in [0.05, 0.1) is 5.69 Å². The molecule has 10 rings (SSSR count). The van der Waals surface area contributed by atoms with Crippen molar-refractivity contribution >= 4 is 57.2 Å². The minimum Gasteiger partial charge on any atom is -0.311 e. The normalized spacial score (nSPS) is 13.2. The molecule has 0 N–H and O–H groups in total. The third kappa shape index (κ3) is 6.44. The lowest BCUT2D eigenvalue weighted by Crippen LogP contribution is -2.61. The van der Waals surface area contributed by atoms with E-state index in [0.717, 1.165) is 22.6 Å². The lowest BCUT2D eigenvalue weighted by atomic mass is 9.33. The summed E-state index contributed by atoms with van der Waals surface area (Å²) in [6.07, 6.45) is 1.90.